The molecule has 138 valence electrons. The van der Waals surface area contributed by atoms with Crippen LogP contribution >= 0.6 is 0 Å². The van der Waals surface area contributed by atoms with Gasteiger partial charge in [-0.2, -0.15) is 0 Å². The van der Waals surface area contributed by atoms with Crippen LogP contribution in [0.2, 0.25) is 0 Å². The molecule has 0 bridgehead atoms. The molecule has 3 rings (SSSR count). The molecule has 0 saturated carbocycles. The van der Waals surface area contributed by atoms with E-state index in [2.05, 4.69) is 20.6 Å². The zero-order valence-corrected chi connectivity index (χ0v) is 14.9. The number of anilines is 2. The van der Waals surface area contributed by atoms with E-state index in [4.69, 9.17) is 9.47 Å². The van der Waals surface area contributed by atoms with Crippen LogP contribution in [0.3, 0.4) is 0 Å². The van der Waals surface area contributed by atoms with E-state index >= 15 is 0 Å². The van der Waals surface area contributed by atoms with Crippen LogP contribution in [0, 0.1) is 0 Å². The number of carbonyl (C=O) groups is 1. The van der Waals surface area contributed by atoms with Crippen LogP contribution in [0.4, 0.5) is 11.6 Å². The summed E-state index contributed by atoms with van der Waals surface area (Å²) in [6.07, 6.45) is 1.54. The van der Waals surface area contributed by atoms with Crippen molar-refractivity contribution in [3.63, 3.8) is 0 Å². The van der Waals surface area contributed by atoms with Crippen molar-refractivity contribution >= 4 is 17.5 Å². The van der Waals surface area contributed by atoms with Gasteiger partial charge in [-0.15, -0.1) is 0 Å². The summed E-state index contributed by atoms with van der Waals surface area (Å²) >= 11 is 0. The highest BCUT2D eigenvalue weighted by Crippen LogP contribution is 2.16. The Kier molecular flexibility index (Phi) is 6.19. The lowest BCUT2D eigenvalue weighted by Gasteiger charge is -2.09. The molecule has 7 heteroatoms. The van der Waals surface area contributed by atoms with Gasteiger partial charge in [0.25, 0.3) is 5.91 Å². The highest BCUT2D eigenvalue weighted by atomic mass is 16.5. The first-order valence-corrected chi connectivity index (χ1v) is 8.45. The molecule has 0 saturated heterocycles. The van der Waals surface area contributed by atoms with Gasteiger partial charge >= 0.3 is 0 Å². The molecule has 1 amide bonds. The number of carbonyl (C=O) groups excluding carboxylic acids is 1. The first kappa shape index (κ1) is 18.2. The molecule has 0 fully saturated rings. The third kappa shape index (κ3) is 5.43. The van der Waals surface area contributed by atoms with Gasteiger partial charge in [-0.05, 0) is 42.5 Å². The van der Waals surface area contributed by atoms with Crippen LogP contribution in [0.25, 0.3) is 0 Å². The molecule has 0 aliphatic rings. The quantitative estimate of drug-likeness (QED) is 0.598. The first-order chi connectivity index (χ1) is 13.2. The van der Waals surface area contributed by atoms with Crippen LogP contribution in [0.5, 0.6) is 11.5 Å². The minimum absolute atomic E-state index is 0.285. The number of rotatable bonds is 8. The fraction of sp³-hybridized carbons (Fsp3) is 0.150. The second-order valence-corrected chi connectivity index (χ2v) is 5.54. The maximum atomic E-state index is 12.2. The van der Waals surface area contributed by atoms with Crippen LogP contribution in [-0.4, -0.2) is 36.1 Å². The van der Waals surface area contributed by atoms with Gasteiger partial charge in [0, 0.05) is 11.9 Å². The zero-order chi connectivity index (χ0) is 18.9. The van der Waals surface area contributed by atoms with E-state index < -0.39 is 0 Å². The lowest BCUT2D eigenvalue weighted by molar-refractivity contribution is 0.0942. The van der Waals surface area contributed by atoms with Crippen LogP contribution in [-0.2, 0) is 0 Å². The third-order valence-electron chi connectivity index (χ3n) is 3.63. The van der Waals surface area contributed by atoms with Crippen molar-refractivity contribution in [3.05, 3.63) is 72.6 Å². The molecule has 0 unspecified atom stereocenters. The normalized spacial score (nSPS) is 10.1. The Morgan fingerprint density at radius 2 is 1.74 bits per heavy atom. The van der Waals surface area contributed by atoms with Crippen LogP contribution in [0.15, 0.2) is 66.9 Å². The topological polar surface area (TPSA) is 85.4 Å². The van der Waals surface area contributed by atoms with Gasteiger partial charge in [-0.1, -0.05) is 18.2 Å². The van der Waals surface area contributed by atoms with Crippen LogP contribution < -0.4 is 20.1 Å². The van der Waals surface area contributed by atoms with Crippen molar-refractivity contribution in [2.45, 2.75) is 0 Å². The van der Waals surface area contributed by atoms with Crippen molar-refractivity contribution in [1.29, 1.82) is 0 Å². The monoisotopic (exact) mass is 364 g/mol. The standard InChI is InChI=1S/C20H20N4O3/c1-26-16-7-9-17(10-8-16)27-14-13-21-19(25)18-11-12-22-20(24-18)23-15-5-3-2-4-6-15/h2-12H,13-14H2,1H3,(H,21,25)(H,22,23,24). The average Bonchev–Trinajstić information content (AvgIpc) is 2.72. The summed E-state index contributed by atoms with van der Waals surface area (Å²) < 4.78 is 10.7. The van der Waals surface area contributed by atoms with Crippen molar-refractivity contribution in [2.24, 2.45) is 0 Å². The number of ether oxygens (including phenoxy) is 2. The smallest absolute Gasteiger partial charge is 0.270 e. The van der Waals surface area contributed by atoms with Crippen molar-refractivity contribution in [1.82, 2.24) is 15.3 Å². The van der Waals surface area contributed by atoms with Crippen LogP contribution in [0.1, 0.15) is 10.5 Å². The molecule has 1 aromatic heterocycles. The second kappa shape index (κ2) is 9.19. The minimum atomic E-state index is -0.285. The Bertz CT molecular complexity index is 870. The van der Waals surface area contributed by atoms with E-state index in [0.717, 1.165) is 11.4 Å². The summed E-state index contributed by atoms with van der Waals surface area (Å²) in [5, 5.41) is 5.84. The molecule has 0 aliphatic carbocycles. The summed E-state index contributed by atoms with van der Waals surface area (Å²) in [4.78, 5) is 20.6. The fourth-order valence-electron chi connectivity index (χ4n) is 2.29. The summed E-state index contributed by atoms with van der Waals surface area (Å²) in [6.45, 7) is 0.703. The van der Waals surface area contributed by atoms with Gasteiger partial charge in [0.1, 0.15) is 23.8 Å². The molecule has 0 atom stereocenters. The Morgan fingerprint density at radius 1 is 1.00 bits per heavy atom. The molecule has 27 heavy (non-hydrogen) atoms. The molecule has 1 heterocycles. The number of nitrogens with zero attached hydrogens (tertiary/aromatic N) is 2. The molecular formula is C20H20N4O3. The van der Waals surface area contributed by atoms with Gasteiger partial charge in [0.15, 0.2) is 0 Å². The van der Waals surface area contributed by atoms with E-state index in [-0.39, 0.29) is 11.6 Å². The zero-order valence-electron chi connectivity index (χ0n) is 14.9. The third-order valence-corrected chi connectivity index (χ3v) is 3.63. The number of hydrogen-bond acceptors (Lipinski definition) is 6. The average molecular weight is 364 g/mol. The molecule has 0 spiro atoms. The van der Waals surface area contributed by atoms with Gasteiger partial charge in [-0.3, -0.25) is 4.79 Å². The van der Waals surface area contributed by atoms with E-state index in [1.165, 1.54) is 0 Å². The number of amides is 1. The number of hydrogen-bond donors (Lipinski definition) is 2. The number of para-hydroxylation sites is 1. The number of methoxy groups -OCH3 is 1. The largest absolute Gasteiger partial charge is 0.497 e. The Hall–Kier alpha value is -3.61. The summed E-state index contributed by atoms with van der Waals surface area (Å²) in [6, 6.07) is 18.3. The molecule has 0 radical (unpaired) electrons. The SMILES string of the molecule is COc1ccc(OCCNC(=O)c2ccnc(Nc3ccccc3)n2)cc1. The number of benzene rings is 2. The maximum Gasteiger partial charge on any atom is 0.270 e. The highest BCUT2D eigenvalue weighted by Gasteiger charge is 2.08. The molecular weight excluding hydrogens is 344 g/mol. The summed E-state index contributed by atoms with van der Waals surface area (Å²) in [5.74, 6) is 1.55. The van der Waals surface area contributed by atoms with Gasteiger partial charge in [0.2, 0.25) is 5.95 Å². The molecule has 2 aromatic carbocycles. The molecule has 7 nitrogen and oxygen atoms in total. The summed E-state index contributed by atoms with van der Waals surface area (Å²) in [5.41, 5.74) is 1.14. The lowest BCUT2D eigenvalue weighted by atomic mass is 10.3. The molecule has 3 aromatic rings. The van der Waals surface area contributed by atoms with E-state index in [9.17, 15) is 4.79 Å². The number of nitrogens with one attached hydrogen (secondary N) is 2. The predicted molar refractivity (Wildman–Crippen MR) is 103 cm³/mol. The van der Waals surface area contributed by atoms with Gasteiger partial charge in [0.05, 0.1) is 13.7 Å². The fourth-order valence-corrected chi connectivity index (χ4v) is 2.29. The van der Waals surface area contributed by atoms with Crippen molar-refractivity contribution < 1.29 is 14.3 Å². The van der Waals surface area contributed by atoms with E-state index in [1.807, 2.05) is 54.6 Å². The first-order valence-electron chi connectivity index (χ1n) is 8.45. The minimum Gasteiger partial charge on any atom is -0.497 e. The van der Waals surface area contributed by atoms with Crippen molar-refractivity contribution in [3.8, 4) is 11.5 Å². The lowest BCUT2D eigenvalue weighted by Crippen LogP contribution is -2.29. The van der Waals surface area contributed by atoms with Gasteiger partial charge in [-0.25, -0.2) is 9.97 Å². The Balaban J connectivity index is 1.48. The van der Waals surface area contributed by atoms with E-state index in [0.29, 0.717) is 24.8 Å². The van der Waals surface area contributed by atoms with Crippen molar-refractivity contribution in [2.75, 3.05) is 25.6 Å². The van der Waals surface area contributed by atoms with Gasteiger partial charge < -0.3 is 20.1 Å². The molecule has 2 N–H and O–H groups in total. The second-order valence-electron chi connectivity index (χ2n) is 5.54. The predicted octanol–water partition coefficient (Wildman–Crippen LogP) is 3.04. The molecule has 0 aliphatic heterocycles. The summed E-state index contributed by atoms with van der Waals surface area (Å²) in [7, 11) is 1.61. The number of aromatic nitrogens is 2. The Labute approximate surface area is 157 Å². The highest BCUT2D eigenvalue weighted by molar-refractivity contribution is 5.92. The Morgan fingerprint density at radius 3 is 2.48 bits per heavy atom. The maximum absolute atomic E-state index is 12.2. The van der Waals surface area contributed by atoms with E-state index in [1.54, 1.807) is 19.4 Å².